The maximum Gasteiger partial charge on any atom is 0.263 e. The summed E-state index contributed by atoms with van der Waals surface area (Å²) in [7, 11) is 0. The molecule has 1 amide bonds. The fourth-order valence-electron chi connectivity index (χ4n) is 2.26. The van der Waals surface area contributed by atoms with Crippen LogP contribution in [-0.2, 0) is 4.79 Å². The number of amides is 1. The molecule has 1 saturated heterocycles. The average Bonchev–Trinajstić information content (AvgIpc) is 2.89. The molecule has 0 aromatic heterocycles. The normalized spacial score (nSPS) is 20.4. The number of benzene rings is 1. The molecule has 0 radical (unpaired) electrons. The average molecular weight is 283 g/mol. The molecule has 1 aromatic carbocycles. The number of carbonyl (C=O) groups is 1. The molecule has 5 heteroatoms. The van der Waals surface area contributed by atoms with Crippen LogP contribution in [0.25, 0.3) is 0 Å². The van der Waals surface area contributed by atoms with Crippen molar-refractivity contribution < 1.29 is 9.53 Å². The monoisotopic (exact) mass is 282 g/mol. The Labute approximate surface area is 118 Å². The lowest BCUT2D eigenvalue weighted by Gasteiger charge is -2.22. The number of nitrogens with two attached hydrogens (primary N) is 1. The van der Waals surface area contributed by atoms with E-state index < -0.39 is 6.10 Å². The molecule has 0 spiro atoms. The zero-order chi connectivity index (χ0) is 13.8. The van der Waals surface area contributed by atoms with E-state index in [4.69, 9.17) is 22.1 Å². The van der Waals surface area contributed by atoms with E-state index in [0.717, 1.165) is 19.5 Å². The van der Waals surface area contributed by atoms with Gasteiger partial charge in [-0.1, -0.05) is 23.7 Å². The van der Waals surface area contributed by atoms with Crippen molar-refractivity contribution in [2.75, 3.05) is 19.6 Å². The number of nitrogens with zero attached hydrogens (tertiary/aromatic N) is 1. The second-order valence-corrected chi connectivity index (χ2v) is 5.27. The predicted molar refractivity (Wildman–Crippen MR) is 75.3 cm³/mol. The van der Waals surface area contributed by atoms with Crippen LogP contribution in [0.1, 0.15) is 13.3 Å². The van der Waals surface area contributed by atoms with Gasteiger partial charge in [-0.05, 0) is 37.9 Å². The topological polar surface area (TPSA) is 55.6 Å². The number of ether oxygens (including phenoxy) is 1. The van der Waals surface area contributed by atoms with Crippen LogP contribution in [0.15, 0.2) is 24.3 Å². The predicted octanol–water partition coefficient (Wildman–Crippen LogP) is 1.91. The summed E-state index contributed by atoms with van der Waals surface area (Å²) >= 11 is 6.01. The summed E-state index contributed by atoms with van der Waals surface area (Å²) in [4.78, 5) is 14.1. The molecule has 104 valence electrons. The van der Waals surface area contributed by atoms with Gasteiger partial charge >= 0.3 is 0 Å². The molecular formula is C14H19ClN2O2. The molecule has 4 nitrogen and oxygen atoms in total. The molecule has 1 fully saturated rings. The van der Waals surface area contributed by atoms with Crippen LogP contribution in [0, 0.1) is 5.92 Å². The zero-order valence-corrected chi connectivity index (χ0v) is 11.8. The molecule has 1 aliphatic rings. The second kappa shape index (κ2) is 6.26. The minimum Gasteiger partial charge on any atom is -0.479 e. The van der Waals surface area contributed by atoms with Gasteiger partial charge in [-0.15, -0.1) is 0 Å². The van der Waals surface area contributed by atoms with Crippen molar-refractivity contribution in [2.45, 2.75) is 19.4 Å². The third-order valence-electron chi connectivity index (χ3n) is 3.42. The van der Waals surface area contributed by atoms with Crippen molar-refractivity contribution in [1.29, 1.82) is 0 Å². The van der Waals surface area contributed by atoms with Crippen LogP contribution in [-0.4, -0.2) is 36.5 Å². The largest absolute Gasteiger partial charge is 0.479 e. The van der Waals surface area contributed by atoms with E-state index in [-0.39, 0.29) is 5.91 Å². The van der Waals surface area contributed by atoms with Crippen molar-refractivity contribution in [1.82, 2.24) is 4.90 Å². The Morgan fingerprint density at radius 3 is 2.95 bits per heavy atom. The second-order valence-electron chi connectivity index (χ2n) is 4.87. The van der Waals surface area contributed by atoms with Crippen molar-refractivity contribution >= 4 is 17.5 Å². The van der Waals surface area contributed by atoms with E-state index in [1.807, 2.05) is 17.0 Å². The summed E-state index contributed by atoms with van der Waals surface area (Å²) in [6, 6.07) is 7.17. The van der Waals surface area contributed by atoms with E-state index in [9.17, 15) is 4.79 Å². The molecule has 0 bridgehead atoms. The third kappa shape index (κ3) is 3.39. The van der Waals surface area contributed by atoms with Gasteiger partial charge in [0.1, 0.15) is 5.75 Å². The molecule has 2 rings (SSSR count). The lowest BCUT2D eigenvalue weighted by atomic mass is 10.1. The first-order valence-corrected chi connectivity index (χ1v) is 6.89. The van der Waals surface area contributed by atoms with E-state index in [1.165, 1.54) is 0 Å². The summed E-state index contributed by atoms with van der Waals surface area (Å²) in [5, 5.41) is 0.517. The number of carbonyl (C=O) groups excluding carboxylic acids is 1. The van der Waals surface area contributed by atoms with Crippen molar-refractivity contribution in [2.24, 2.45) is 11.7 Å². The Morgan fingerprint density at radius 2 is 2.32 bits per heavy atom. The Morgan fingerprint density at radius 1 is 1.58 bits per heavy atom. The third-order valence-corrected chi connectivity index (χ3v) is 3.73. The van der Waals surface area contributed by atoms with Crippen molar-refractivity contribution in [3.05, 3.63) is 29.3 Å². The summed E-state index contributed by atoms with van der Waals surface area (Å²) in [6.45, 7) is 3.87. The summed E-state index contributed by atoms with van der Waals surface area (Å²) in [5.41, 5.74) is 5.63. The molecular weight excluding hydrogens is 264 g/mol. The van der Waals surface area contributed by atoms with Crippen LogP contribution in [0.3, 0.4) is 0 Å². The van der Waals surface area contributed by atoms with Crippen LogP contribution in [0.5, 0.6) is 5.75 Å². The molecule has 0 unspecified atom stereocenters. The number of hydrogen-bond acceptors (Lipinski definition) is 3. The maximum atomic E-state index is 12.2. The SMILES string of the molecule is C[C@H](Oc1ccccc1Cl)C(=O)N1CC[C@@H](CN)C1. The summed E-state index contributed by atoms with van der Waals surface area (Å²) < 4.78 is 5.63. The Bertz CT molecular complexity index is 453. The van der Waals surface area contributed by atoms with Crippen LogP contribution in [0.2, 0.25) is 5.02 Å². The summed E-state index contributed by atoms with van der Waals surface area (Å²) in [6.07, 6.45) is 0.442. The van der Waals surface area contributed by atoms with Gasteiger partial charge in [0.2, 0.25) is 0 Å². The summed E-state index contributed by atoms with van der Waals surface area (Å²) in [5.74, 6) is 0.951. The quantitative estimate of drug-likeness (QED) is 0.918. The van der Waals surface area contributed by atoms with E-state index >= 15 is 0 Å². The highest BCUT2D eigenvalue weighted by Gasteiger charge is 2.29. The lowest BCUT2D eigenvalue weighted by molar-refractivity contribution is -0.136. The van der Waals surface area contributed by atoms with Gasteiger partial charge < -0.3 is 15.4 Å². The van der Waals surface area contributed by atoms with E-state index in [1.54, 1.807) is 19.1 Å². The number of hydrogen-bond donors (Lipinski definition) is 1. The van der Waals surface area contributed by atoms with Crippen LogP contribution in [0.4, 0.5) is 0 Å². The van der Waals surface area contributed by atoms with E-state index in [2.05, 4.69) is 0 Å². The fourth-order valence-corrected chi connectivity index (χ4v) is 2.44. The van der Waals surface area contributed by atoms with Gasteiger partial charge in [-0.2, -0.15) is 0 Å². The highest BCUT2D eigenvalue weighted by molar-refractivity contribution is 6.32. The van der Waals surface area contributed by atoms with Gasteiger partial charge in [0.05, 0.1) is 5.02 Å². The zero-order valence-electron chi connectivity index (χ0n) is 11.0. The van der Waals surface area contributed by atoms with Gasteiger partial charge in [0.15, 0.2) is 6.10 Å². The van der Waals surface area contributed by atoms with Crippen LogP contribution >= 0.6 is 11.6 Å². The van der Waals surface area contributed by atoms with Gasteiger partial charge in [-0.3, -0.25) is 4.79 Å². The standard InChI is InChI=1S/C14H19ClN2O2/c1-10(19-13-5-3-2-4-12(13)15)14(18)17-7-6-11(8-16)9-17/h2-5,10-11H,6-9,16H2,1H3/t10-,11-/m0/s1. The smallest absolute Gasteiger partial charge is 0.263 e. The first-order valence-electron chi connectivity index (χ1n) is 6.52. The molecule has 19 heavy (non-hydrogen) atoms. The lowest BCUT2D eigenvalue weighted by Crippen LogP contribution is -2.39. The molecule has 2 atom stereocenters. The van der Waals surface area contributed by atoms with Crippen molar-refractivity contribution in [3.63, 3.8) is 0 Å². The number of para-hydroxylation sites is 1. The number of rotatable bonds is 4. The highest BCUT2D eigenvalue weighted by atomic mass is 35.5. The fraction of sp³-hybridized carbons (Fsp3) is 0.500. The minimum absolute atomic E-state index is 0.00382. The molecule has 1 heterocycles. The van der Waals surface area contributed by atoms with Gasteiger partial charge in [0.25, 0.3) is 5.91 Å². The Hall–Kier alpha value is -1.26. The van der Waals surface area contributed by atoms with Crippen molar-refractivity contribution in [3.8, 4) is 5.75 Å². The molecule has 2 N–H and O–H groups in total. The minimum atomic E-state index is -0.531. The molecule has 0 aliphatic carbocycles. The molecule has 1 aromatic rings. The highest BCUT2D eigenvalue weighted by Crippen LogP contribution is 2.25. The van der Waals surface area contributed by atoms with Gasteiger partial charge in [0, 0.05) is 13.1 Å². The Kier molecular flexibility index (Phi) is 4.66. The van der Waals surface area contributed by atoms with Gasteiger partial charge in [-0.25, -0.2) is 0 Å². The molecule has 1 aliphatic heterocycles. The maximum absolute atomic E-state index is 12.2. The van der Waals surface area contributed by atoms with Crippen LogP contribution < -0.4 is 10.5 Å². The number of halogens is 1. The number of likely N-dealkylation sites (tertiary alicyclic amines) is 1. The Balaban J connectivity index is 1.95. The molecule has 0 saturated carbocycles. The first kappa shape index (κ1) is 14.2. The van der Waals surface area contributed by atoms with E-state index in [0.29, 0.717) is 23.2 Å². The first-order chi connectivity index (χ1) is 9.11.